The second-order valence-electron chi connectivity index (χ2n) is 6.24. The zero-order valence-corrected chi connectivity index (χ0v) is 18.7. The zero-order chi connectivity index (χ0) is 18.2. The number of rotatable bonds is 7. The number of aromatic nitrogens is 2. The minimum atomic E-state index is 0. The van der Waals surface area contributed by atoms with Gasteiger partial charge in [0.05, 0.1) is 5.69 Å². The Morgan fingerprint density at radius 3 is 2.46 bits per heavy atom. The standard InChI is InChI=1S/C19H30N6.HI/c1-15-18(16(2)25(5)23-15)14-22-19(20-3)21-12-9-13-24(4)17-10-7-6-8-11-17;/h6-8,10-11H,9,12-14H2,1-5H3,(H2,20,21,22);1H. The minimum Gasteiger partial charge on any atom is -0.375 e. The van der Waals surface area contributed by atoms with Crippen LogP contribution in [0.4, 0.5) is 5.69 Å². The Bertz CT molecular complexity index is 696. The number of aryl methyl sites for hydroxylation is 2. The maximum atomic E-state index is 4.45. The van der Waals surface area contributed by atoms with Gasteiger partial charge in [-0.3, -0.25) is 9.67 Å². The molecule has 2 rings (SSSR count). The van der Waals surface area contributed by atoms with Crippen molar-refractivity contribution in [3.05, 3.63) is 47.3 Å². The lowest BCUT2D eigenvalue weighted by atomic mass is 10.2. The van der Waals surface area contributed by atoms with Gasteiger partial charge in [-0.25, -0.2) is 0 Å². The fourth-order valence-corrected chi connectivity index (χ4v) is 2.80. The largest absolute Gasteiger partial charge is 0.375 e. The molecule has 0 radical (unpaired) electrons. The molecule has 0 aliphatic carbocycles. The summed E-state index contributed by atoms with van der Waals surface area (Å²) in [6.45, 7) is 6.73. The Hall–Kier alpha value is -1.77. The second-order valence-corrected chi connectivity index (χ2v) is 6.24. The predicted octanol–water partition coefficient (Wildman–Crippen LogP) is 2.85. The third-order valence-electron chi connectivity index (χ3n) is 4.47. The highest BCUT2D eigenvalue weighted by Crippen LogP contribution is 2.11. The number of nitrogens with one attached hydrogen (secondary N) is 2. The van der Waals surface area contributed by atoms with Crippen molar-refractivity contribution in [3.8, 4) is 0 Å². The normalized spacial score (nSPS) is 11.0. The van der Waals surface area contributed by atoms with E-state index in [4.69, 9.17) is 0 Å². The summed E-state index contributed by atoms with van der Waals surface area (Å²) in [4.78, 5) is 6.56. The number of hydrogen-bond acceptors (Lipinski definition) is 3. The monoisotopic (exact) mass is 470 g/mol. The third-order valence-corrected chi connectivity index (χ3v) is 4.47. The van der Waals surface area contributed by atoms with Crippen molar-refractivity contribution in [1.29, 1.82) is 0 Å². The molecule has 0 aliphatic rings. The number of para-hydroxylation sites is 1. The molecule has 26 heavy (non-hydrogen) atoms. The lowest BCUT2D eigenvalue weighted by molar-refractivity contribution is 0.723. The van der Waals surface area contributed by atoms with Crippen LogP contribution in [0.2, 0.25) is 0 Å². The summed E-state index contributed by atoms with van der Waals surface area (Å²) in [6, 6.07) is 10.4. The first-order valence-corrected chi connectivity index (χ1v) is 8.72. The second kappa shape index (κ2) is 11.1. The van der Waals surface area contributed by atoms with E-state index in [0.29, 0.717) is 0 Å². The molecule has 1 aromatic carbocycles. The average molecular weight is 470 g/mol. The molecule has 1 heterocycles. The van der Waals surface area contributed by atoms with Gasteiger partial charge in [-0.05, 0) is 32.4 Å². The highest BCUT2D eigenvalue weighted by Gasteiger charge is 2.09. The van der Waals surface area contributed by atoms with Gasteiger partial charge in [-0.1, -0.05) is 18.2 Å². The maximum absolute atomic E-state index is 4.45. The number of hydrogen-bond donors (Lipinski definition) is 2. The van der Waals surface area contributed by atoms with Crippen molar-refractivity contribution in [1.82, 2.24) is 20.4 Å². The summed E-state index contributed by atoms with van der Waals surface area (Å²) in [5.41, 5.74) is 4.72. The summed E-state index contributed by atoms with van der Waals surface area (Å²) in [5, 5.41) is 11.2. The molecule has 0 amide bonds. The summed E-state index contributed by atoms with van der Waals surface area (Å²) in [7, 11) is 5.90. The smallest absolute Gasteiger partial charge is 0.191 e. The van der Waals surface area contributed by atoms with E-state index in [2.05, 4.69) is 63.9 Å². The van der Waals surface area contributed by atoms with Gasteiger partial charge in [0, 0.05) is 57.7 Å². The van der Waals surface area contributed by atoms with Crippen LogP contribution in [0, 0.1) is 13.8 Å². The Labute approximate surface area is 174 Å². The fraction of sp³-hybridized carbons (Fsp3) is 0.474. The molecule has 0 bridgehead atoms. The van der Waals surface area contributed by atoms with E-state index in [1.165, 1.54) is 16.9 Å². The van der Waals surface area contributed by atoms with Crippen LogP contribution in [0.3, 0.4) is 0 Å². The molecule has 6 nitrogen and oxygen atoms in total. The summed E-state index contributed by atoms with van der Waals surface area (Å²) in [5.74, 6) is 0.824. The Balaban J connectivity index is 0.00000338. The highest BCUT2D eigenvalue weighted by atomic mass is 127. The third kappa shape index (κ3) is 6.19. The van der Waals surface area contributed by atoms with E-state index in [1.54, 1.807) is 7.05 Å². The SMILES string of the molecule is CN=C(NCCCN(C)c1ccccc1)NCc1c(C)nn(C)c1C.I. The number of halogens is 1. The number of benzene rings is 1. The first-order chi connectivity index (χ1) is 12.0. The van der Waals surface area contributed by atoms with Gasteiger partial charge < -0.3 is 15.5 Å². The van der Waals surface area contributed by atoms with Gasteiger partial charge >= 0.3 is 0 Å². The molecule has 0 unspecified atom stereocenters. The molecule has 0 atom stereocenters. The average Bonchev–Trinajstić information content (AvgIpc) is 2.87. The molecule has 0 saturated heterocycles. The number of anilines is 1. The van der Waals surface area contributed by atoms with Crippen LogP contribution in [0.1, 0.15) is 23.4 Å². The van der Waals surface area contributed by atoms with Crippen LogP contribution in [-0.2, 0) is 13.6 Å². The van der Waals surface area contributed by atoms with E-state index in [1.807, 2.05) is 24.7 Å². The lowest BCUT2D eigenvalue weighted by Gasteiger charge is -2.19. The highest BCUT2D eigenvalue weighted by molar-refractivity contribution is 14.0. The van der Waals surface area contributed by atoms with Crippen LogP contribution in [0.15, 0.2) is 35.3 Å². The first-order valence-electron chi connectivity index (χ1n) is 8.72. The molecule has 0 aliphatic heterocycles. The van der Waals surface area contributed by atoms with Gasteiger partial charge in [0.2, 0.25) is 0 Å². The molecular weight excluding hydrogens is 439 g/mol. The van der Waals surface area contributed by atoms with Gasteiger partial charge in [0.1, 0.15) is 0 Å². The molecule has 0 fully saturated rings. The number of guanidine groups is 1. The lowest BCUT2D eigenvalue weighted by Crippen LogP contribution is -2.38. The van der Waals surface area contributed by atoms with Gasteiger partial charge in [0.25, 0.3) is 0 Å². The van der Waals surface area contributed by atoms with Crippen molar-refractivity contribution < 1.29 is 0 Å². The van der Waals surface area contributed by atoms with Gasteiger partial charge in [-0.15, -0.1) is 24.0 Å². The van der Waals surface area contributed by atoms with Gasteiger partial charge in [0.15, 0.2) is 5.96 Å². The van der Waals surface area contributed by atoms with Gasteiger partial charge in [-0.2, -0.15) is 5.10 Å². The Kier molecular flexibility index (Phi) is 9.47. The van der Waals surface area contributed by atoms with Crippen molar-refractivity contribution in [3.63, 3.8) is 0 Å². The summed E-state index contributed by atoms with van der Waals surface area (Å²) in [6.07, 6.45) is 1.04. The van der Waals surface area contributed by atoms with Crippen LogP contribution in [0.25, 0.3) is 0 Å². The molecule has 144 valence electrons. The van der Waals surface area contributed by atoms with E-state index in [0.717, 1.165) is 37.7 Å². The van der Waals surface area contributed by atoms with E-state index < -0.39 is 0 Å². The van der Waals surface area contributed by atoms with Crippen molar-refractivity contribution in [2.24, 2.45) is 12.0 Å². The molecular formula is C19H31IN6. The first kappa shape index (κ1) is 22.3. The molecule has 2 aromatic rings. The van der Waals surface area contributed by atoms with E-state index in [-0.39, 0.29) is 24.0 Å². The fourth-order valence-electron chi connectivity index (χ4n) is 2.80. The summed E-state index contributed by atoms with van der Waals surface area (Å²) >= 11 is 0. The summed E-state index contributed by atoms with van der Waals surface area (Å²) < 4.78 is 1.92. The van der Waals surface area contributed by atoms with E-state index in [9.17, 15) is 0 Å². The van der Waals surface area contributed by atoms with Crippen molar-refractivity contribution in [2.75, 3.05) is 32.1 Å². The Morgan fingerprint density at radius 1 is 1.19 bits per heavy atom. The number of nitrogens with zero attached hydrogens (tertiary/aromatic N) is 4. The predicted molar refractivity (Wildman–Crippen MR) is 121 cm³/mol. The van der Waals surface area contributed by atoms with E-state index >= 15 is 0 Å². The zero-order valence-electron chi connectivity index (χ0n) is 16.4. The molecule has 7 heteroatoms. The van der Waals surface area contributed by atoms with Crippen LogP contribution in [0.5, 0.6) is 0 Å². The minimum absolute atomic E-state index is 0. The molecule has 0 saturated carbocycles. The quantitative estimate of drug-likeness (QED) is 0.283. The van der Waals surface area contributed by atoms with Crippen LogP contribution < -0.4 is 15.5 Å². The van der Waals surface area contributed by atoms with Crippen molar-refractivity contribution in [2.45, 2.75) is 26.8 Å². The molecule has 0 spiro atoms. The van der Waals surface area contributed by atoms with Crippen LogP contribution >= 0.6 is 24.0 Å². The number of aliphatic imine (C=N–C) groups is 1. The Morgan fingerprint density at radius 2 is 1.88 bits per heavy atom. The topological polar surface area (TPSA) is 57.5 Å². The van der Waals surface area contributed by atoms with Crippen molar-refractivity contribution >= 4 is 35.6 Å². The maximum Gasteiger partial charge on any atom is 0.191 e. The molecule has 1 aromatic heterocycles. The molecule has 2 N–H and O–H groups in total. The van der Waals surface area contributed by atoms with Crippen LogP contribution in [-0.4, -0.2) is 42.9 Å².